The van der Waals surface area contributed by atoms with E-state index in [2.05, 4.69) is 26.0 Å². The molecule has 0 atom stereocenters. The maximum Gasteiger partial charge on any atom is 0.172 e. The number of aryl methyl sites for hydroxylation is 2. The van der Waals surface area contributed by atoms with Gasteiger partial charge in [-0.3, -0.25) is 0 Å². The summed E-state index contributed by atoms with van der Waals surface area (Å²) in [5, 5.41) is 3.16. The van der Waals surface area contributed by atoms with Crippen LogP contribution in [-0.4, -0.2) is 19.9 Å². The normalized spacial score (nSPS) is 14.4. The average molecular weight is 338 g/mol. The largest absolute Gasteiger partial charge is 0.333 e. The number of nitrogens with zero attached hydrogens (tertiary/aromatic N) is 3. The summed E-state index contributed by atoms with van der Waals surface area (Å²) in [4.78, 5) is 19.7. The van der Waals surface area contributed by atoms with Crippen LogP contribution in [0.3, 0.4) is 0 Å². The molecular weight excluding hydrogens is 324 g/mol. The highest BCUT2D eigenvalue weighted by Crippen LogP contribution is 2.40. The first-order valence-corrected chi connectivity index (χ1v) is 9.39. The van der Waals surface area contributed by atoms with Gasteiger partial charge < -0.3 is 4.98 Å². The van der Waals surface area contributed by atoms with Gasteiger partial charge in [0.05, 0.1) is 11.0 Å². The lowest BCUT2D eigenvalue weighted by atomic mass is 9.97. The summed E-state index contributed by atoms with van der Waals surface area (Å²) in [6.07, 6.45) is 6.57. The van der Waals surface area contributed by atoms with Crippen molar-refractivity contribution in [1.29, 1.82) is 0 Å². The van der Waals surface area contributed by atoms with Crippen molar-refractivity contribution in [2.75, 3.05) is 0 Å². The molecule has 114 valence electrons. The molecule has 0 spiro atoms. The second-order valence-corrected chi connectivity index (χ2v) is 7.79. The van der Waals surface area contributed by atoms with Crippen LogP contribution in [0.15, 0.2) is 40.8 Å². The van der Waals surface area contributed by atoms with Crippen molar-refractivity contribution >= 4 is 44.3 Å². The molecule has 1 aromatic carbocycles. The monoisotopic (exact) mass is 338 g/mol. The van der Waals surface area contributed by atoms with E-state index >= 15 is 0 Å². The number of hydrogen-bond donors (Lipinski definition) is 1. The van der Waals surface area contributed by atoms with Crippen molar-refractivity contribution in [2.45, 2.75) is 35.9 Å². The number of para-hydroxylation sites is 2. The topological polar surface area (TPSA) is 54.5 Å². The van der Waals surface area contributed by atoms with Crippen molar-refractivity contribution < 1.29 is 0 Å². The van der Waals surface area contributed by atoms with Crippen LogP contribution in [0.5, 0.6) is 0 Å². The molecule has 0 saturated carbocycles. The van der Waals surface area contributed by atoms with E-state index in [1.807, 2.05) is 29.5 Å². The predicted octanol–water partition coefficient (Wildman–Crippen LogP) is 4.60. The first-order valence-electron chi connectivity index (χ1n) is 7.76. The number of thiophene rings is 1. The highest BCUT2D eigenvalue weighted by atomic mass is 32.2. The lowest BCUT2D eigenvalue weighted by Crippen LogP contribution is -1.99. The van der Waals surface area contributed by atoms with E-state index in [0.717, 1.165) is 32.5 Å². The number of imidazole rings is 1. The molecule has 1 aliphatic rings. The van der Waals surface area contributed by atoms with Crippen LogP contribution >= 0.6 is 23.1 Å². The van der Waals surface area contributed by atoms with Crippen LogP contribution in [0, 0.1) is 0 Å². The zero-order valence-corrected chi connectivity index (χ0v) is 14.0. The van der Waals surface area contributed by atoms with Crippen LogP contribution in [0.2, 0.25) is 0 Å². The number of fused-ring (bicyclic) bond motifs is 4. The minimum Gasteiger partial charge on any atom is -0.333 e. The molecule has 0 saturated heterocycles. The summed E-state index contributed by atoms with van der Waals surface area (Å²) in [6.45, 7) is 0. The molecule has 0 amide bonds. The summed E-state index contributed by atoms with van der Waals surface area (Å²) in [5.41, 5.74) is 3.52. The fourth-order valence-corrected chi connectivity index (χ4v) is 5.41. The van der Waals surface area contributed by atoms with E-state index in [0.29, 0.717) is 0 Å². The highest BCUT2D eigenvalue weighted by molar-refractivity contribution is 7.99. The van der Waals surface area contributed by atoms with Crippen LogP contribution < -0.4 is 0 Å². The Morgan fingerprint density at radius 2 is 2.00 bits per heavy atom. The zero-order valence-electron chi connectivity index (χ0n) is 12.4. The first kappa shape index (κ1) is 13.5. The molecule has 1 N–H and O–H groups in total. The zero-order chi connectivity index (χ0) is 15.2. The molecule has 1 aliphatic carbocycles. The van der Waals surface area contributed by atoms with Gasteiger partial charge in [0, 0.05) is 10.3 Å². The molecule has 5 rings (SSSR count). The molecule has 6 heteroatoms. The van der Waals surface area contributed by atoms with Crippen molar-refractivity contribution in [3.63, 3.8) is 0 Å². The van der Waals surface area contributed by atoms with Gasteiger partial charge in [0.15, 0.2) is 5.16 Å². The number of rotatable bonds is 2. The van der Waals surface area contributed by atoms with Gasteiger partial charge in [0.25, 0.3) is 0 Å². The number of H-pyrrole nitrogens is 1. The minimum atomic E-state index is 0.891. The third-order valence-corrected chi connectivity index (χ3v) is 6.37. The second kappa shape index (κ2) is 5.32. The Kier molecular flexibility index (Phi) is 3.12. The molecule has 0 radical (unpaired) electrons. The van der Waals surface area contributed by atoms with Crippen LogP contribution in [-0.2, 0) is 12.8 Å². The Hall–Kier alpha value is -1.92. The maximum atomic E-state index is 4.66. The van der Waals surface area contributed by atoms with E-state index in [4.69, 9.17) is 0 Å². The summed E-state index contributed by atoms with van der Waals surface area (Å²) >= 11 is 3.44. The molecule has 3 heterocycles. The third kappa shape index (κ3) is 2.24. The smallest absolute Gasteiger partial charge is 0.172 e. The number of aromatic nitrogens is 4. The Balaban J connectivity index is 1.63. The maximum absolute atomic E-state index is 4.66. The fourth-order valence-electron chi connectivity index (χ4n) is 3.21. The highest BCUT2D eigenvalue weighted by Gasteiger charge is 2.20. The van der Waals surface area contributed by atoms with Gasteiger partial charge in [0.1, 0.15) is 16.2 Å². The van der Waals surface area contributed by atoms with Crippen molar-refractivity contribution in [3.8, 4) is 0 Å². The number of aromatic amines is 1. The van der Waals surface area contributed by atoms with Crippen molar-refractivity contribution in [3.05, 3.63) is 41.0 Å². The van der Waals surface area contributed by atoms with Crippen LogP contribution in [0.1, 0.15) is 23.3 Å². The molecule has 0 aliphatic heterocycles. The van der Waals surface area contributed by atoms with Gasteiger partial charge in [-0.25, -0.2) is 15.0 Å². The lowest BCUT2D eigenvalue weighted by molar-refractivity contribution is 0.699. The molecule has 4 nitrogen and oxygen atoms in total. The van der Waals surface area contributed by atoms with E-state index in [1.165, 1.54) is 35.1 Å². The second-order valence-electron chi connectivity index (χ2n) is 5.73. The summed E-state index contributed by atoms with van der Waals surface area (Å²) in [7, 11) is 0. The molecule has 0 unspecified atom stereocenters. The van der Waals surface area contributed by atoms with Gasteiger partial charge in [-0.05, 0) is 55.1 Å². The Labute approximate surface area is 141 Å². The lowest BCUT2D eigenvalue weighted by Gasteiger charge is -2.11. The third-order valence-electron chi connectivity index (χ3n) is 4.28. The molecule has 0 fully saturated rings. The quantitative estimate of drug-likeness (QED) is 0.543. The number of nitrogens with one attached hydrogen (secondary N) is 1. The first-order chi connectivity index (χ1) is 11.4. The van der Waals surface area contributed by atoms with E-state index in [-0.39, 0.29) is 0 Å². The molecule has 4 aromatic rings. The van der Waals surface area contributed by atoms with Crippen LogP contribution in [0.25, 0.3) is 21.3 Å². The van der Waals surface area contributed by atoms with Gasteiger partial charge in [0.2, 0.25) is 0 Å². The van der Waals surface area contributed by atoms with Crippen LogP contribution in [0.4, 0.5) is 0 Å². The van der Waals surface area contributed by atoms with Gasteiger partial charge >= 0.3 is 0 Å². The minimum absolute atomic E-state index is 0.891. The molecule has 0 bridgehead atoms. The summed E-state index contributed by atoms with van der Waals surface area (Å²) < 4.78 is 0. The van der Waals surface area contributed by atoms with Gasteiger partial charge in [-0.1, -0.05) is 12.1 Å². The van der Waals surface area contributed by atoms with Crippen molar-refractivity contribution in [1.82, 2.24) is 19.9 Å². The summed E-state index contributed by atoms with van der Waals surface area (Å²) in [5.74, 6) is 0. The Morgan fingerprint density at radius 1 is 1.09 bits per heavy atom. The molecule has 3 aromatic heterocycles. The van der Waals surface area contributed by atoms with Crippen molar-refractivity contribution in [2.24, 2.45) is 0 Å². The standard InChI is InChI=1S/C17H14N4S2/c1-4-8-13-10(5-1)14-15(22-13)18-9-19-16(14)23-17-20-11-6-2-3-7-12(11)21-17/h2-3,6-7,9H,1,4-5,8H2,(H,20,21). The number of benzene rings is 1. The molecule has 23 heavy (non-hydrogen) atoms. The van der Waals surface area contributed by atoms with Gasteiger partial charge in [-0.15, -0.1) is 11.3 Å². The van der Waals surface area contributed by atoms with E-state index in [9.17, 15) is 0 Å². The SMILES string of the molecule is c1ccc2[nH]c(Sc3ncnc4sc5c(c34)CCCC5)nc2c1. The summed E-state index contributed by atoms with van der Waals surface area (Å²) in [6, 6.07) is 8.11. The Bertz CT molecular complexity index is 985. The predicted molar refractivity (Wildman–Crippen MR) is 94.3 cm³/mol. The van der Waals surface area contributed by atoms with E-state index < -0.39 is 0 Å². The number of hydrogen-bond acceptors (Lipinski definition) is 5. The Morgan fingerprint density at radius 3 is 2.96 bits per heavy atom. The molecular formula is C17H14N4S2. The average Bonchev–Trinajstić information content (AvgIpc) is 3.15. The van der Waals surface area contributed by atoms with E-state index in [1.54, 1.807) is 18.1 Å². The van der Waals surface area contributed by atoms with Gasteiger partial charge in [-0.2, -0.15) is 0 Å². The fraction of sp³-hybridized carbons (Fsp3) is 0.235.